The van der Waals surface area contributed by atoms with Crippen LogP contribution in [-0.4, -0.2) is 25.0 Å². The van der Waals surface area contributed by atoms with Crippen LogP contribution < -0.4 is 4.72 Å². The first-order valence-electron chi connectivity index (χ1n) is 6.49. The molecule has 2 rings (SSSR count). The van der Waals surface area contributed by atoms with Crippen molar-refractivity contribution in [3.05, 3.63) is 13.6 Å². The normalized spacial score (nSPS) is 19.1. The van der Waals surface area contributed by atoms with Gasteiger partial charge in [-0.1, -0.05) is 25.7 Å². The van der Waals surface area contributed by atoms with Gasteiger partial charge in [-0.05, 0) is 50.8 Å². The molecule has 0 saturated heterocycles. The Hall–Kier alpha value is 0.0400. The van der Waals surface area contributed by atoms with Crippen molar-refractivity contribution in [1.82, 2.24) is 4.72 Å². The zero-order chi connectivity index (χ0) is 15.7. The smallest absolute Gasteiger partial charge is 0.324 e. The topological polar surface area (TPSA) is 83.5 Å². The van der Waals surface area contributed by atoms with Gasteiger partial charge in [0.15, 0.2) is 0 Å². The molecule has 0 aliphatic heterocycles. The zero-order valence-corrected chi connectivity index (χ0v) is 15.9. The second-order valence-corrected chi connectivity index (χ2v) is 10.5. The van der Waals surface area contributed by atoms with E-state index in [-0.39, 0.29) is 4.90 Å². The summed E-state index contributed by atoms with van der Waals surface area (Å²) < 4.78 is 28.6. The van der Waals surface area contributed by atoms with Gasteiger partial charge in [0.2, 0.25) is 10.0 Å². The van der Waals surface area contributed by atoms with Gasteiger partial charge in [0.05, 0.1) is 7.57 Å². The lowest BCUT2D eigenvalue weighted by molar-refractivity contribution is -0.144. The summed E-state index contributed by atoms with van der Waals surface area (Å²) >= 11 is 7.68. The largest absolute Gasteiger partial charge is 0.480 e. The Balaban J connectivity index is 2.36. The molecule has 0 amide bonds. The first-order chi connectivity index (χ1) is 9.77. The number of nitrogens with one attached hydrogen (secondary N) is 1. The fourth-order valence-electron chi connectivity index (χ4n) is 2.51. The monoisotopic (exact) mass is 459 g/mol. The van der Waals surface area contributed by atoms with Crippen LogP contribution in [0.2, 0.25) is 0 Å². The number of carboxylic acids is 1. The summed E-state index contributed by atoms with van der Waals surface area (Å²) in [4.78, 5) is 11.8. The highest BCUT2D eigenvalue weighted by molar-refractivity contribution is 9.12. The van der Waals surface area contributed by atoms with Crippen molar-refractivity contribution in [2.45, 2.75) is 49.0 Å². The number of sulfonamides is 1. The second-order valence-electron chi connectivity index (χ2n) is 5.10. The summed E-state index contributed by atoms with van der Waals surface area (Å²) in [6, 6.07) is 1.48. The van der Waals surface area contributed by atoms with Crippen LogP contribution >= 0.6 is 43.2 Å². The quantitative estimate of drug-likeness (QED) is 0.670. The van der Waals surface area contributed by atoms with Crippen LogP contribution in [-0.2, 0) is 14.8 Å². The third-order valence-corrected chi connectivity index (χ3v) is 7.90. The van der Waals surface area contributed by atoms with Gasteiger partial charge in [-0.3, -0.25) is 4.79 Å². The molecule has 1 aromatic rings. The van der Waals surface area contributed by atoms with Crippen molar-refractivity contribution in [2.24, 2.45) is 0 Å². The predicted molar refractivity (Wildman–Crippen MR) is 88.1 cm³/mol. The molecule has 1 aliphatic carbocycles. The summed E-state index contributed by atoms with van der Waals surface area (Å²) in [6.45, 7) is 0. The van der Waals surface area contributed by atoms with E-state index < -0.39 is 21.5 Å². The average molecular weight is 461 g/mol. The van der Waals surface area contributed by atoms with E-state index in [2.05, 4.69) is 36.6 Å². The summed E-state index contributed by atoms with van der Waals surface area (Å²) in [6.07, 6.45) is 3.94. The number of thiophene rings is 1. The molecule has 118 valence electrons. The molecular formula is C12H15Br2NO4S2. The van der Waals surface area contributed by atoms with Gasteiger partial charge in [-0.15, -0.1) is 11.3 Å². The number of carbonyl (C=O) groups is 1. The van der Waals surface area contributed by atoms with Gasteiger partial charge < -0.3 is 5.11 Å². The summed E-state index contributed by atoms with van der Waals surface area (Å²) in [5, 5.41) is 9.55. The molecule has 0 spiro atoms. The van der Waals surface area contributed by atoms with Gasteiger partial charge >= 0.3 is 5.97 Å². The van der Waals surface area contributed by atoms with Crippen molar-refractivity contribution in [3.8, 4) is 0 Å². The minimum Gasteiger partial charge on any atom is -0.480 e. The van der Waals surface area contributed by atoms with E-state index in [0.29, 0.717) is 33.3 Å². The minimum absolute atomic E-state index is 0.0734. The van der Waals surface area contributed by atoms with Crippen LogP contribution in [0.25, 0.3) is 0 Å². The summed E-state index contributed by atoms with van der Waals surface area (Å²) in [5.74, 6) is -1.10. The standard InChI is InChI=1S/C12H15Br2NO4S2/c13-9-7-8(10(14)20-9)21(18,19)15-12(11(16)17)5-3-1-2-4-6-12/h7,15H,1-6H2,(H,16,17). The Morgan fingerprint density at radius 3 is 2.24 bits per heavy atom. The Morgan fingerprint density at radius 2 is 1.81 bits per heavy atom. The van der Waals surface area contributed by atoms with Crippen molar-refractivity contribution in [1.29, 1.82) is 0 Å². The molecule has 0 radical (unpaired) electrons. The molecule has 9 heteroatoms. The molecule has 2 N–H and O–H groups in total. The molecule has 1 heterocycles. The Kier molecular flexibility index (Phi) is 5.51. The van der Waals surface area contributed by atoms with E-state index in [0.717, 1.165) is 12.8 Å². The van der Waals surface area contributed by atoms with Crippen LogP contribution in [0.1, 0.15) is 38.5 Å². The SMILES string of the molecule is O=C(O)C1(NS(=O)(=O)c2cc(Br)sc2Br)CCCCCC1. The fraction of sp³-hybridized carbons (Fsp3) is 0.583. The van der Waals surface area contributed by atoms with E-state index >= 15 is 0 Å². The lowest BCUT2D eigenvalue weighted by Crippen LogP contribution is -2.54. The van der Waals surface area contributed by atoms with Gasteiger partial charge in [-0.2, -0.15) is 4.72 Å². The fourth-order valence-corrected chi connectivity index (χ4v) is 7.74. The van der Waals surface area contributed by atoms with Crippen molar-refractivity contribution < 1.29 is 18.3 Å². The highest BCUT2D eigenvalue weighted by atomic mass is 79.9. The minimum atomic E-state index is -3.89. The van der Waals surface area contributed by atoms with E-state index in [1.165, 1.54) is 17.4 Å². The summed E-state index contributed by atoms with van der Waals surface area (Å²) in [5.41, 5.74) is -1.40. The molecule has 1 aliphatic rings. The maximum absolute atomic E-state index is 12.5. The van der Waals surface area contributed by atoms with Crippen molar-refractivity contribution in [3.63, 3.8) is 0 Å². The first-order valence-corrected chi connectivity index (χ1v) is 10.4. The number of hydrogen-bond acceptors (Lipinski definition) is 4. The Labute approximate surface area is 144 Å². The molecule has 0 unspecified atom stereocenters. The van der Waals surface area contributed by atoms with Gasteiger partial charge in [0.1, 0.15) is 10.4 Å². The maximum atomic E-state index is 12.5. The average Bonchev–Trinajstić information content (AvgIpc) is 2.60. The first kappa shape index (κ1) is 17.4. The van der Waals surface area contributed by atoms with Gasteiger partial charge in [0.25, 0.3) is 0 Å². The maximum Gasteiger partial charge on any atom is 0.324 e. The number of halogens is 2. The molecular weight excluding hydrogens is 446 g/mol. The zero-order valence-electron chi connectivity index (χ0n) is 11.1. The Bertz CT molecular complexity index is 634. The number of hydrogen-bond donors (Lipinski definition) is 2. The lowest BCUT2D eigenvalue weighted by atomic mass is 9.92. The molecule has 1 fully saturated rings. The third kappa shape index (κ3) is 3.87. The van der Waals surface area contributed by atoms with E-state index in [9.17, 15) is 18.3 Å². The molecule has 0 bridgehead atoms. The molecule has 5 nitrogen and oxygen atoms in total. The van der Waals surface area contributed by atoms with Crippen LogP contribution in [0.5, 0.6) is 0 Å². The van der Waals surface area contributed by atoms with Crippen molar-refractivity contribution in [2.75, 3.05) is 0 Å². The van der Waals surface area contributed by atoms with Crippen LogP contribution in [0, 0.1) is 0 Å². The third-order valence-electron chi connectivity index (χ3n) is 3.61. The van der Waals surface area contributed by atoms with Crippen molar-refractivity contribution >= 4 is 59.2 Å². The van der Waals surface area contributed by atoms with E-state index in [1.54, 1.807) is 0 Å². The predicted octanol–water partition coefficient (Wildman–Crippen LogP) is 3.73. The lowest BCUT2D eigenvalue weighted by Gasteiger charge is -2.28. The van der Waals surface area contributed by atoms with Crippen LogP contribution in [0.3, 0.4) is 0 Å². The molecule has 21 heavy (non-hydrogen) atoms. The Morgan fingerprint density at radius 1 is 1.24 bits per heavy atom. The molecule has 1 aromatic heterocycles. The number of aliphatic carboxylic acids is 1. The number of carboxylic acid groups (broad SMARTS) is 1. The van der Waals surface area contributed by atoms with Crippen LogP contribution in [0.4, 0.5) is 0 Å². The highest BCUT2D eigenvalue weighted by Crippen LogP contribution is 2.36. The van der Waals surface area contributed by atoms with Crippen LogP contribution in [0.15, 0.2) is 18.5 Å². The summed E-state index contributed by atoms with van der Waals surface area (Å²) in [7, 11) is -3.89. The molecule has 1 saturated carbocycles. The highest BCUT2D eigenvalue weighted by Gasteiger charge is 2.43. The van der Waals surface area contributed by atoms with Gasteiger partial charge in [0, 0.05) is 0 Å². The second kappa shape index (κ2) is 6.66. The number of rotatable bonds is 4. The van der Waals surface area contributed by atoms with E-state index in [1.807, 2.05) is 0 Å². The molecule has 0 atom stereocenters. The van der Waals surface area contributed by atoms with E-state index in [4.69, 9.17) is 0 Å². The molecule has 0 aromatic carbocycles. The van der Waals surface area contributed by atoms with Gasteiger partial charge in [-0.25, -0.2) is 8.42 Å².